The topological polar surface area (TPSA) is 87.8 Å². The van der Waals surface area contributed by atoms with E-state index in [1.165, 1.54) is 18.4 Å². The highest BCUT2D eigenvalue weighted by molar-refractivity contribution is 7.89. The maximum absolute atomic E-state index is 12.1. The van der Waals surface area contributed by atoms with E-state index in [1.807, 2.05) is 0 Å². The van der Waals surface area contributed by atoms with E-state index in [4.69, 9.17) is 9.52 Å². The average Bonchev–Trinajstić information content (AvgIpc) is 2.83. The summed E-state index contributed by atoms with van der Waals surface area (Å²) in [6.07, 6.45) is 5.44. The van der Waals surface area contributed by atoms with Gasteiger partial charge in [-0.15, -0.1) is 0 Å². The van der Waals surface area contributed by atoms with Gasteiger partial charge in [0, 0.05) is 13.1 Å². The lowest BCUT2D eigenvalue weighted by atomic mass is 10.1. The summed E-state index contributed by atoms with van der Waals surface area (Å²) in [5.41, 5.74) is 0. The van der Waals surface area contributed by atoms with Crippen molar-refractivity contribution in [3.63, 3.8) is 0 Å². The third-order valence-corrected chi connectivity index (χ3v) is 4.33. The Morgan fingerprint density at radius 2 is 2.29 bits per heavy atom. The Hall–Kier alpha value is -1.60. The van der Waals surface area contributed by atoms with E-state index in [0.29, 0.717) is 0 Å². The molecule has 2 heterocycles. The van der Waals surface area contributed by atoms with Crippen molar-refractivity contribution in [3.8, 4) is 0 Å². The van der Waals surface area contributed by atoms with Crippen LogP contribution in [-0.2, 0) is 14.8 Å². The van der Waals surface area contributed by atoms with Crippen LogP contribution in [0.2, 0.25) is 0 Å². The van der Waals surface area contributed by atoms with Gasteiger partial charge in [0.25, 0.3) is 0 Å². The molecule has 6 nitrogen and oxygen atoms in total. The monoisotopic (exact) mass is 257 g/mol. The zero-order chi connectivity index (χ0) is 12.5. The van der Waals surface area contributed by atoms with Crippen LogP contribution in [0.15, 0.2) is 40.1 Å². The first kappa shape index (κ1) is 11.9. The lowest BCUT2D eigenvalue weighted by Crippen LogP contribution is -2.39. The zero-order valence-electron chi connectivity index (χ0n) is 8.81. The van der Waals surface area contributed by atoms with Crippen molar-refractivity contribution in [1.29, 1.82) is 0 Å². The van der Waals surface area contributed by atoms with Gasteiger partial charge >= 0.3 is 5.97 Å². The maximum Gasteiger partial charge on any atom is 0.311 e. The number of sulfonamides is 1. The van der Waals surface area contributed by atoms with Crippen molar-refractivity contribution in [2.24, 2.45) is 5.92 Å². The summed E-state index contributed by atoms with van der Waals surface area (Å²) in [4.78, 5) is 10.9. The fourth-order valence-electron chi connectivity index (χ4n) is 1.60. The standard InChI is InChI=1S/C10H11NO5S/c12-10(13)8-2-1-4-11(6-8)17(14,15)9-3-5-16-7-9/h1-3,5,7-8H,4,6H2,(H,12,13). The molecule has 0 amide bonds. The van der Waals surface area contributed by atoms with Crippen molar-refractivity contribution in [2.75, 3.05) is 13.1 Å². The van der Waals surface area contributed by atoms with Gasteiger partial charge in [-0.3, -0.25) is 4.79 Å². The van der Waals surface area contributed by atoms with Gasteiger partial charge in [-0.1, -0.05) is 12.2 Å². The quantitative estimate of drug-likeness (QED) is 0.798. The molecule has 0 radical (unpaired) electrons. The molecule has 1 aliphatic rings. The molecule has 1 atom stereocenters. The van der Waals surface area contributed by atoms with Crippen LogP contribution in [0.4, 0.5) is 0 Å². The predicted octanol–water partition coefficient (Wildman–Crippen LogP) is 0.541. The molecule has 0 saturated carbocycles. The van der Waals surface area contributed by atoms with Gasteiger partial charge in [0.1, 0.15) is 11.2 Å². The van der Waals surface area contributed by atoms with Crippen LogP contribution < -0.4 is 0 Å². The number of hydrogen-bond donors (Lipinski definition) is 1. The Bertz CT molecular complexity index is 531. The number of carboxylic acids is 1. The second-order valence-corrected chi connectivity index (χ2v) is 5.59. The molecule has 2 rings (SSSR count). The molecule has 17 heavy (non-hydrogen) atoms. The van der Waals surface area contributed by atoms with Gasteiger partial charge in [0.2, 0.25) is 10.0 Å². The minimum absolute atomic E-state index is 0.0388. The number of carboxylic acid groups (broad SMARTS) is 1. The van der Waals surface area contributed by atoms with E-state index in [2.05, 4.69) is 0 Å². The molecular formula is C10H11NO5S. The summed E-state index contributed by atoms with van der Waals surface area (Å²) < 4.78 is 30.0. The number of nitrogens with zero attached hydrogens (tertiary/aromatic N) is 1. The third kappa shape index (κ3) is 2.25. The van der Waals surface area contributed by atoms with Crippen molar-refractivity contribution in [3.05, 3.63) is 30.7 Å². The summed E-state index contributed by atoms with van der Waals surface area (Å²) in [7, 11) is -3.66. The fraction of sp³-hybridized carbons (Fsp3) is 0.300. The van der Waals surface area contributed by atoms with Crippen molar-refractivity contribution >= 4 is 16.0 Å². The summed E-state index contributed by atoms with van der Waals surface area (Å²) in [6.45, 7) is 0.122. The third-order valence-electron chi connectivity index (χ3n) is 2.53. The fourth-order valence-corrected chi connectivity index (χ4v) is 2.94. The molecule has 0 fully saturated rings. The van der Waals surface area contributed by atoms with Crippen LogP contribution in [0.3, 0.4) is 0 Å². The molecule has 0 spiro atoms. The smallest absolute Gasteiger partial charge is 0.311 e. The first-order valence-corrected chi connectivity index (χ1v) is 6.37. The largest absolute Gasteiger partial charge is 0.481 e. The minimum atomic E-state index is -3.66. The molecule has 7 heteroatoms. The normalized spacial score (nSPS) is 21.5. The van der Waals surface area contributed by atoms with E-state index in [0.717, 1.165) is 10.6 Å². The van der Waals surface area contributed by atoms with Gasteiger partial charge < -0.3 is 9.52 Å². The van der Waals surface area contributed by atoms with Crippen molar-refractivity contribution in [2.45, 2.75) is 4.90 Å². The van der Waals surface area contributed by atoms with Gasteiger partial charge in [0.05, 0.1) is 12.2 Å². The highest BCUT2D eigenvalue weighted by atomic mass is 32.2. The molecule has 0 aromatic carbocycles. The zero-order valence-corrected chi connectivity index (χ0v) is 9.63. The number of rotatable bonds is 3. The summed E-state index contributed by atoms with van der Waals surface area (Å²) in [5.74, 6) is -1.83. The van der Waals surface area contributed by atoms with Crippen LogP contribution >= 0.6 is 0 Å². The van der Waals surface area contributed by atoms with Gasteiger partial charge in [-0.05, 0) is 6.07 Å². The van der Waals surface area contributed by atoms with Crippen LogP contribution in [-0.4, -0.2) is 36.9 Å². The van der Waals surface area contributed by atoms with Gasteiger partial charge in [-0.25, -0.2) is 8.42 Å². The molecule has 0 saturated heterocycles. The highest BCUT2D eigenvalue weighted by Gasteiger charge is 2.31. The number of hydrogen-bond acceptors (Lipinski definition) is 4. The lowest BCUT2D eigenvalue weighted by Gasteiger charge is -2.25. The SMILES string of the molecule is O=C(O)C1C=CCN(S(=O)(=O)c2ccoc2)C1. The van der Waals surface area contributed by atoms with E-state index in [-0.39, 0.29) is 18.0 Å². The first-order chi connectivity index (χ1) is 8.01. The number of furan rings is 1. The molecule has 0 aliphatic carbocycles. The van der Waals surface area contributed by atoms with Crippen LogP contribution in [0.1, 0.15) is 0 Å². The lowest BCUT2D eigenvalue weighted by molar-refractivity contribution is -0.140. The Morgan fingerprint density at radius 3 is 2.88 bits per heavy atom. The van der Waals surface area contributed by atoms with Gasteiger partial charge in [0.15, 0.2) is 0 Å². The molecule has 1 aromatic rings. The first-order valence-electron chi connectivity index (χ1n) is 4.93. The summed E-state index contributed by atoms with van der Waals surface area (Å²) in [6, 6.07) is 1.34. The molecule has 1 unspecified atom stereocenters. The molecule has 92 valence electrons. The molecular weight excluding hydrogens is 246 g/mol. The number of carbonyl (C=O) groups is 1. The van der Waals surface area contributed by atoms with Crippen LogP contribution in [0, 0.1) is 5.92 Å². The number of aliphatic carboxylic acids is 1. The van der Waals surface area contributed by atoms with Gasteiger partial charge in [-0.2, -0.15) is 4.31 Å². The Kier molecular flexibility index (Phi) is 3.03. The average molecular weight is 257 g/mol. The van der Waals surface area contributed by atoms with Crippen molar-refractivity contribution in [1.82, 2.24) is 4.31 Å². The van der Waals surface area contributed by atoms with Crippen molar-refractivity contribution < 1.29 is 22.7 Å². The van der Waals surface area contributed by atoms with E-state index in [9.17, 15) is 13.2 Å². The summed E-state index contributed by atoms with van der Waals surface area (Å²) >= 11 is 0. The Labute approximate surface area is 98.2 Å². The van der Waals surface area contributed by atoms with Crippen LogP contribution in [0.5, 0.6) is 0 Å². The molecule has 0 bridgehead atoms. The second-order valence-electron chi connectivity index (χ2n) is 3.65. The molecule has 1 aromatic heterocycles. The predicted molar refractivity (Wildman–Crippen MR) is 57.7 cm³/mol. The van der Waals surface area contributed by atoms with E-state index < -0.39 is 21.9 Å². The highest BCUT2D eigenvalue weighted by Crippen LogP contribution is 2.20. The molecule has 1 N–H and O–H groups in total. The molecule has 1 aliphatic heterocycles. The van der Waals surface area contributed by atoms with E-state index in [1.54, 1.807) is 6.08 Å². The maximum atomic E-state index is 12.1. The van der Waals surface area contributed by atoms with E-state index >= 15 is 0 Å². The van der Waals surface area contributed by atoms with Crippen LogP contribution in [0.25, 0.3) is 0 Å². The minimum Gasteiger partial charge on any atom is -0.481 e. The Morgan fingerprint density at radius 1 is 1.53 bits per heavy atom. The second kappa shape index (κ2) is 4.34. The Balaban J connectivity index is 2.25. The summed E-state index contributed by atoms with van der Waals surface area (Å²) in [5, 5.41) is 8.86.